The Balaban J connectivity index is 3.28. The highest BCUT2D eigenvalue weighted by molar-refractivity contribution is 6.33. The molecule has 0 saturated heterocycles. The van der Waals surface area contributed by atoms with Crippen molar-refractivity contribution in [3.8, 4) is 0 Å². The van der Waals surface area contributed by atoms with Crippen LogP contribution in [0.3, 0.4) is 0 Å². The molecule has 0 aromatic carbocycles. The molecule has 0 aliphatic heterocycles. The second-order valence-corrected chi connectivity index (χ2v) is 2.93. The lowest BCUT2D eigenvalue weighted by Crippen LogP contribution is -1.86. The highest BCUT2D eigenvalue weighted by Gasteiger charge is 2.00. The van der Waals surface area contributed by atoms with Gasteiger partial charge in [0, 0.05) is 0 Å². The Kier molecular flexibility index (Phi) is 2.17. The van der Waals surface area contributed by atoms with Crippen molar-refractivity contribution in [1.29, 1.82) is 0 Å². The lowest BCUT2D eigenvalue weighted by atomic mass is 10.3. The smallest absolute Gasteiger partial charge is 0.132 e. The average Bonchev–Trinajstić information content (AvgIpc) is 1.84. The first-order valence-electron chi connectivity index (χ1n) is 2.90. The van der Waals surface area contributed by atoms with Crippen molar-refractivity contribution in [3.05, 3.63) is 27.5 Å². The fraction of sp³-hybridized carbons (Fsp3) is 0.286. The Morgan fingerprint density at radius 3 is 2.40 bits per heavy atom. The first-order valence-corrected chi connectivity index (χ1v) is 3.66. The molecule has 0 unspecified atom stereocenters. The summed E-state index contributed by atoms with van der Waals surface area (Å²) in [5, 5.41) is 1.20. The van der Waals surface area contributed by atoms with Crippen molar-refractivity contribution >= 4 is 23.2 Å². The van der Waals surface area contributed by atoms with E-state index < -0.39 is 0 Å². The van der Waals surface area contributed by atoms with E-state index in [9.17, 15) is 0 Å². The first kappa shape index (κ1) is 7.83. The molecule has 0 radical (unpaired) electrons. The van der Waals surface area contributed by atoms with Gasteiger partial charge in [-0.2, -0.15) is 0 Å². The van der Waals surface area contributed by atoms with Gasteiger partial charge in [0.25, 0.3) is 0 Å². The van der Waals surface area contributed by atoms with E-state index in [4.69, 9.17) is 23.2 Å². The second kappa shape index (κ2) is 2.77. The molecule has 0 atom stereocenters. The zero-order valence-corrected chi connectivity index (χ0v) is 7.29. The van der Waals surface area contributed by atoms with Crippen LogP contribution in [0.2, 0.25) is 10.2 Å². The number of hydrogen-bond acceptors (Lipinski definition) is 1. The molecule has 0 spiro atoms. The fourth-order valence-electron chi connectivity index (χ4n) is 0.643. The molecule has 0 N–H and O–H groups in total. The van der Waals surface area contributed by atoms with Crippen LogP contribution in [0.25, 0.3) is 0 Å². The monoisotopic (exact) mass is 175 g/mol. The van der Waals surface area contributed by atoms with Crippen molar-refractivity contribution in [2.75, 3.05) is 0 Å². The van der Waals surface area contributed by atoms with Crippen molar-refractivity contribution in [2.45, 2.75) is 13.8 Å². The van der Waals surface area contributed by atoms with Crippen molar-refractivity contribution in [1.82, 2.24) is 4.98 Å². The molecular formula is C7H7Cl2N. The van der Waals surface area contributed by atoms with E-state index in [0.717, 1.165) is 11.3 Å². The van der Waals surface area contributed by atoms with Gasteiger partial charge in [-0.15, -0.1) is 0 Å². The molecule has 1 nitrogen and oxygen atoms in total. The Hall–Kier alpha value is -0.270. The van der Waals surface area contributed by atoms with Crippen LogP contribution in [0.1, 0.15) is 11.3 Å². The fourth-order valence-corrected chi connectivity index (χ4v) is 1.03. The van der Waals surface area contributed by atoms with Gasteiger partial charge in [-0.3, -0.25) is 0 Å². The summed E-state index contributed by atoms with van der Waals surface area (Å²) in [6.07, 6.45) is 0. The number of rotatable bonds is 0. The minimum atomic E-state index is 0.530. The maximum Gasteiger partial charge on any atom is 0.132 e. The number of nitrogens with zero attached hydrogens (tertiary/aromatic N) is 1. The zero-order chi connectivity index (χ0) is 7.72. The summed E-state index contributed by atoms with van der Waals surface area (Å²) >= 11 is 11.5. The van der Waals surface area contributed by atoms with Gasteiger partial charge in [-0.05, 0) is 25.5 Å². The zero-order valence-electron chi connectivity index (χ0n) is 5.78. The lowest BCUT2D eigenvalue weighted by Gasteiger charge is -1.99. The third-order valence-corrected chi connectivity index (χ3v) is 2.05. The number of aromatic nitrogens is 1. The van der Waals surface area contributed by atoms with Gasteiger partial charge in [0.05, 0.1) is 10.7 Å². The van der Waals surface area contributed by atoms with Gasteiger partial charge < -0.3 is 0 Å². The van der Waals surface area contributed by atoms with E-state index in [1.165, 1.54) is 0 Å². The van der Waals surface area contributed by atoms with E-state index >= 15 is 0 Å². The van der Waals surface area contributed by atoms with Crippen molar-refractivity contribution in [2.24, 2.45) is 0 Å². The van der Waals surface area contributed by atoms with Gasteiger partial charge in [-0.25, -0.2) is 4.98 Å². The number of pyridine rings is 1. The van der Waals surface area contributed by atoms with Gasteiger partial charge in [0.15, 0.2) is 0 Å². The molecule has 1 heterocycles. The molecule has 0 amide bonds. The Labute approximate surface area is 70.0 Å². The summed E-state index contributed by atoms with van der Waals surface area (Å²) in [5.41, 5.74) is 1.69. The third-order valence-electron chi connectivity index (χ3n) is 1.28. The highest BCUT2D eigenvalue weighted by Crippen LogP contribution is 2.19. The maximum atomic E-state index is 5.76. The Bertz CT molecular complexity index is 208. The van der Waals surface area contributed by atoms with Crippen molar-refractivity contribution < 1.29 is 0 Å². The molecule has 1 rings (SSSR count). The first-order chi connectivity index (χ1) is 4.61. The molecule has 0 saturated carbocycles. The summed E-state index contributed by atoms with van der Waals surface area (Å²) < 4.78 is 0. The normalized spacial score (nSPS) is 10.0. The molecule has 1 aromatic heterocycles. The number of aryl methyl sites for hydroxylation is 2. The molecule has 10 heavy (non-hydrogen) atoms. The van der Waals surface area contributed by atoms with Crippen LogP contribution in [0.5, 0.6) is 0 Å². The summed E-state index contributed by atoms with van der Waals surface area (Å²) in [6.45, 7) is 3.70. The summed E-state index contributed by atoms with van der Waals surface area (Å²) in [5.74, 6) is 0. The van der Waals surface area contributed by atoms with Crippen LogP contribution in [0, 0.1) is 13.8 Å². The molecular weight excluding hydrogens is 169 g/mol. The number of halogens is 2. The topological polar surface area (TPSA) is 12.9 Å². The van der Waals surface area contributed by atoms with Crippen LogP contribution in [0.15, 0.2) is 6.07 Å². The lowest BCUT2D eigenvalue weighted by molar-refractivity contribution is 1.17. The SMILES string of the molecule is Cc1cc(Cl)c(C)nc1Cl. The Morgan fingerprint density at radius 1 is 1.30 bits per heavy atom. The predicted octanol–water partition coefficient (Wildman–Crippen LogP) is 3.01. The minimum absolute atomic E-state index is 0.530. The second-order valence-electron chi connectivity index (χ2n) is 2.16. The van der Waals surface area contributed by atoms with E-state index in [-0.39, 0.29) is 0 Å². The molecule has 0 bridgehead atoms. The highest BCUT2D eigenvalue weighted by atomic mass is 35.5. The molecule has 1 aromatic rings. The van der Waals surface area contributed by atoms with E-state index in [1.807, 2.05) is 19.9 Å². The van der Waals surface area contributed by atoms with Gasteiger partial charge >= 0.3 is 0 Å². The van der Waals surface area contributed by atoms with Crippen LogP contribution < -0.4 is 0 Å². The summed E-state index contributed by atoms with van der Waals surface area (Å²) in [6, 6.07) is 1.81. The van der Waals surface area contributed by atoms with E-state index in [1.54, 1.807) is 0 Å². The molecule has 0 fully saturated rings. The minimum Gasteiger partial charge on any atom is -0.240 e. The van der Waals surface area contributed by atoms with Crippen LogP contribution in [-0.4, -0.2) is 4.98 Å². The van der Waals surface area contributed by atoms with Crippen LogP contribution in [-0.2, 0) is 0 Å². The van der Waals surface area contributed by atoms with Gasteiger partial charge in [-0.1, -0.05) is 23.2 Å². The van der Waals surface area contributed by atoms with Crippen molar-refractivity contribution in [3.63, 3.8) is 0 Å². The summed E-state index contributed by atoms with van der Waals surface area (Å²) in [7, 11) is 0. The van der Waals surface area contributed by atoms with Gasteiger partial charge in [0.2, 0.25) is 0 Å². The van der Waals surface area contributed by atoms with E-state index in [0.29, 0.717) is 10.2 Å². The largest absolute Gasteiger partial charge is 0.240 e. The maximum absolute atomic E-state index is 5.76. The predicted molar refractivity (Wildman–Crippen MR) is 43.7 cm³/mol. The molecule has 0 aliphatic rings. The molecule has 54 valence electrons. The standard InChI is InChI=1S/C7H7Cl2N/c1-4-3-6(8)5(2)10-7(4)9/h3H,1-2H3. The molecule has 0 aliphatic carbocycles. The van der Waals surface area contributed by atoms with E-state index in [2.05, 4.69) is 4.98 Å². The Morgan fingerprint density at radius 2 is 1.90 bits per heavy atom. The van der Waals surface area contributed by atoms with Crippen LogP contribution in [0.4, 0.5) is 0 Å². The van der Waals surface area contributed by atoms with Gasteiger partial charge in [0.1, 0.15) is 5.15 Å². The van der Waals surface area contributed by atoms with Crippen LogP contribution >= 0.6 is 23.2 Å². The average molecular weight is 176 g/mol. The quantitative estimate of drug-likeness (QED) is 0.553. The summed E-state index contributed by atoms with van der Waals surface area (Å²) in [4.78, 5) is 4.01. The number of hydrogen-bond donors (Lipinski definition) is 0. The molecule has 3 heteroatoms. The third kappa shape index (κ3) is 1.41.